The van der Waals surface area contributed by atoms with Gasteiger partial charge in [0, 0.05) is 24.7 Å². The second-order valence-electron chi connectivity index (χ2n) is 5.31. The summed E-state index contributed by atoms with van der Waals surface area (Å²) >= 11 is 0. The summed E-state index contributed by atoms with van der Waals surface area (Å²) in [5.41, 5.74) is 0.824. The Morgan fingerprint density at radius 2 is 2.14 bits per heavy atom. The van der Waals surface area contributed by atoms with Gasteiger partial charge in [-0.15, -0.1) is 0 Å². The van der Waals surface area contributed by atoms with Gasteiger partial charge in [0.05, 0.1) is 18.1 Å². The third-order valence-electron chi connectivity index (χ3n) is 3.73. The largest absolute Gasteiger partial charge is 0.493 e. The van der Waals surface area contributed by atoms with Crippen molar-refractivity contribution in [1.82, 2.24) is 4.90 Å². The van der Waals surface area contributed by atoms with E-state index in [4.69, 9.17) is 4.74 Å². The molecule has 1 atom stereocenters. The number of amides is 1. The minimum absolute atomic E-state index is 0.0542. The molecule has 6 heteroatoms. The van der Waals surface area contributed by atoms with Crippen LogP contribution in [0.2, 0.25) is 0 Å². The van der Waals surface area contributed by atoms with Crippen LogP contribution in [0.3, 0.4) is 0 Å². The molecule has 1 fully saturated rings. The van der Waals surface area contributed by atoms with Crippen LogP contribution >= 0.6 is 0 Å². The van der Waals surface area contributed by atoms with Crippen molar-refractivity contribution in [1.29, 1.82) is 0 Å². The summed E-state index contributed by atoms with van der Waals surface area (Å²) in [6, 6.07) is 7.24. The van der Waals surface area contributed by atoms with Gasteiger partial charge < -0.3 is 9.64 Å². The SMILES string of the molecule is CCOc1ccccc1/C=C/C(=O)N(C)C1CCS(=O)(=O)C1. The molecule has 22 heavy (non-hydrogen) atoms. The van der Waals surface area contributed by atoms with Gasteiger partial charge in [0.2, 0.25) is 5.91 Å². The summed E-state index contributed by atoms with van der Waals surface area (Å²) in [5.74, 6) is 0.735. The lowest BCUT2D eigenvalue weighted by molar-refractivity contribution is -0.126. The van der Waals surface area contributed by atoms with Crippen LogP contribution in [0.5, 0.6) is 5.75 Å². The van der Waals surface area contributed by atoms with E-state index in [1.807, 2.05) is 31.2 Å². The van der Waals surface area contributed by atoms with E-state index >= 15 is 0 Å². The normalized spacial score (nSPS) is 20.2. The molecule has 1 aliphatic heterocycles. The molecule has 0 spiro atoms. The van der Waals surface area contributed by atoms with Crippen LogP contribution in [0.25, 0.3) is 6.08 Å². The molecule has 1 heterocycles. The van der Waals surface area contributed by atoms with Crippen LogP contribution in [0.15, 0.2) is 30.3 Å². The third kappa shape index (κ3) is 4.10. The molecule has 1 amide bonds. The van der Waals surface area contributed by atoms with Crippen molar-refractivity contribution < 1.29 is 17.9 Å². The number of benzene rings is 1. The van der Waals surface area contributed by atoms with Crippen LogP contribution < -0.4 is 4.74 Å². The van der Waals surface area contributed by atoms with E-state index < -0.39 is 9.84 Å². The fourth-order valence-electron chi connectivity index (χ4n) is 2.44. The topological polar surface area (TPSA) is 63.7 Å². The Hall–Kier alpha value is -1.82. The number of para-hydroxylation sites is 1. The highest BCUT2D eigenvalue weighted by molar-refractivity contribution is 7.91. The van der Waals surface area contributed by atoms with E-state index in [1.54, 1.807) is 13.1 Å². The zero-order valence-corrected chi connectivity index (χ0v) is 13.7. The predicted molar refractivity (Wildman–Crippen MR) is 86.5 cm³/mol. The maximum Gasteiger partial charge on any atom is 0.246 e. The number of hydrogen-bond donors (Lipinski definition) is 0. The quantitative estimate of drug-likeness (QED) is 0.774. The Morgan fingerprint density at radius 3 is 2.77 bits per heavy atom. The van der Waals surface area contributed by atoms with Crippen LogP contribution in [-0.2, 0) is 14.6 Å². The van der Waals surface area contributed by atoms with Crippen molar-refractivity contribution in [3.05, 3.63) is 35.9 Å². The molecule has 0 aromatic heterocycles. The van der Waals surface area contributed by atoms with Gasteiger partial charge in [-0.3, -0.25) is 4.79 Å². The fourth-order valence-corrected chi connectivity index (χ4v) is 4.22. The Labute approximate surface area is 131 Å². The summed E-state index contributed by atoms with van der Waals surface area (Å²) in [6.45, 7) is 2.46. The molecule has 1 aromatic rings. The second-order valence-corrected chi connectivity index (χ2v) is 7.54. The summed E-state index contributed by atoms with van der Waals surface area (Å²) < 4.78 is 28.5. The molecule has 1 aromatic carbocycles. The summed E-state index contributed by atoms with van der Waals surface area (Å²) in [4.78, 5) is 13.7. The monoisotopic (exact) mass is 323 g/mol. The van der Waals surface area contributed by atoms with E-state index in [0.717, 1.165) is 11.3 Å². The molecule has 120 valence electrons. The number of rotatable bonds is 5. The highest BCUT2D eigenvalue weighted by Crippen LogP contribution is 2.20. The predicted octanol–water partition coefficient (Wildman–Crippen LogP) is 1.74. The van der Waals surface area contributed by atoms with Crippen molar-refractivity contribution in [2.24, 2.45) is 0 Å². The maximum atomic E-state index is 12.2. The minimum atomic E-state index is -2.99. The van der Waals surface area contributed by atoms with Gasteiger partial charge in [-0.05, 0) is 25.5 Å². The summed E-state index contributed by atoms with van der Waals surface area (Å²) in [7, 11) is -1.35. The van der Waals surface area contributed by atoms with Crippen LogP contribution in [0.1, 0.15) is 18.9 Å². The Kier molecular flexibility index (Phi) is 5.24. The molecular formula is C16H21NO4S. The van der Waals surface area contributed by atoms with Crippen molar-refractivity contribution in [3.63, 3.8) is 0 Å². The first kappa shape index (κ1) is 16.5. The number of sulfone groups is 1. The lowest BCUT2D eigenvalue weighted by Crippen LogP contribution is -2.36. The van der Waals surface area contributed by atoms with Crippen molar-refractivity contribution in [3.8, 4) is 5.75 Å². The number of carbonyl (C=O) groups excluding carboxylic acids is 1. The standard InChI is InChI=1S/C16H21NO4S/c1-3-21-15-7-5-4-6-13(15)8-9-16(18)17(2)14-10-11-22(19,20)12-14/h4-9,14H,3,10-12H2,1-2H3/b9-8+. The van der Waals surface area contributed by atoms with E-state index in [9.17, 15) is 13.2 Å². The first-order valence-corrected chi connectivity index (χ1v) is 9.12. The van der Waals surface area contributed by atoms with Crippen LogP contribution in [-0.4, -0.2) is 50.4 Å². The summed E-state index contributed by atoms with van der Waals surface area (Å²) in [5, 5.41) is 0. The van der Waals surface area contributed by atoms with Crippen LogP contribution in [0, 0.1) is 0 Å². The number of likely N-dealkylation sites (N-methyl/N-ethyl adjacent to an activating group) is 1. The number of hydrogen-bond acceptors (Lipinski definition) is 4. The molecular weight excluding hydrogens is 302 g/mol. The maximum absolute atomic E-state index is 12.2. The minimum Gasteiger partial charge on any atom is -0.493 e. The average molecular weight is 323 g/mol. The number of ether oxygens (including phenoxy) is 1. The molecule has 0 saturated carbocycles. The molecule has 1 unspecified atom stereocenters. The zero-order valence-electron chi connectivity index (χ0n) is 12.9. The molecule has 2 rings (SSSR count). The smallest absolute Gasteiger partial charge is 0.246 e. The third-order valence-corrected chi connectivity index (χ3v) is 5.48. The number of nitrogens with zero attached hydrogens (tertiary/aromatic N) is 1. The van der Waals surface area contributed by atoms with Gasteiger partial charge in [0.1, 0.15) is 5.75 Å². The van der Waals surface area contributed by atoms with Gasteiger partial charge in [-0.2, -0.15) is 0 Å². The van der Waals surface area contributed by atoms with E-state index in [1.165, 1.54) is 11.0 Å². The van der Waals surface area contributed by atoms with Crippen molar-refractivity contribution in [2.45, 2.75) is 19.4 Å². The highest BCUT2D eigenvalue weighted by atomic mass is 32.2. The highest BCUT2D eigenvalue weighted by Gasteiger charge is 2.32. The molecule has 1 saturated heterocycles. The molecule has 1 aliphatic rings. The second kappa shape index (κ2) is 6.96. The molecule has 5 nitrogen and oxygen atoms in total. The average Bonchev–Trinajstić information content (AvgIpc) is 2.85. The van der Waals surface area contributed by atoms with Gasteiger partial charge in [0.25, 0.3) is 0 Å². The Bertz CT molecular complexity index is 666. The molecule has 0 N–H and O–H groups in total. The van der Waals surface area contributed by atoms with Gasteiger partial charge >= 0.3 is 0 Å². The van der Waals surface area contributed by atoms with Crippen LogP contribution in [0.4, 0.5) is 0 Å². The van der Waals surface area contributed by atoms with Crippen molar-refractivity contribution >= 4 is 21.8 Å². The van der Waals surface area contributed by atoms with E-state index in [2.05, 4.69) is 0 Å². The molecule has 0 aliphatic carbocycles. The first-order chi connectivity index (χ1) is 10.4. The van der Waals surface area contributed by atoms with Gasteiger partial charge in [-0.1, -0.05) is 18.2 Å². The molecule has 0 bridgehead atoms. The lowest BCUT2D eigenvalue weighted by atomic mass is 10.1. The first-order valence-electron chi connectivity index (χ1n) is 7.30. The fraction of sp³-hybridized carbons (Fsp3) is 0.438. The van der Waals surface area contributed by atoms with Gasteiger partial charge in [0.15, 0.2) is 9.84 Å². The molecule has 0 radical (unpaired) electrons. The zero-order chi connectivity index (χ0) is 16.2. The summed E-state index contributed by atoms with van der Waals surface area (Å²) in [6.07, 6.45) is 3.67. The van der Waals surface area contributed by atoms with E-state index in [-0.39, 0.29) is 23.5 Å². The lowest BCUT2D eigenvalue weighted by Gasteiger charge is -2.21. The number of carbonyl (C=O) groups is 1. The van der Waals surface area contributed by atoms with E-state index in [0.29, 0.717) is 13.0 Å². The van der Waals surface area contributed by atoms with Gasteiger partial charge in [-0.25, -0.2) is 8.42 Å². The Balaban J connectivity index is 2.05. The van der Waals surface area contributed by atoms with Crippen molar-refractivity contribution in [2.75, 3.05) is 25.2 Å². The Morgan fingerprint density at radius 1 is 1.41 bits per heavy atom.